The van der Waals surface area contributed by atoms with Gasteiger partial charge in [0.1, 0.15) is 5.56 Å². The molecule has 0 unspecified atom stereocenters. The number of hydrogen-bond donors (Lipinski definition) is 0. The Hall–Kier alpha value is -1.68. The first-order chi connectivity index (χ1) is 8.15. The summed E-state index contributed by atoms with van der Waals surface area (Å²) in [6.45, 7) is 3.77. The molecule has 3 nitrogen and oxygen atoms in total. The summed E-state index contributed by atoms with van der Waals surface area (Å²) in [5.74, 6) is -0.531. The molecule has 1 aromatic heterocycles. The van der Waals surface area contributed by atoms with Gasteiger partial charge in [0.2, 0.25) is 5.43 Å². The SMILES string of the molecule is CCOC(=O)c1c(C)sc2ccccc2c1=O. The molecular weight excluding hydrogens is 236 g/mol. The van der Waals surface area contributed by atoms with Gasteiger partial charge in [-0.1, -0.05) is 12.1 Å². The molecule has 0 amide bonds. The normalized spacial score (nSPS) is 10.5. The predicted molar refractivity (Wildman–Crippen MR) is 68.8 cm³/mol. The summed E-state index contributed by atoms with van der Waals surface area (Å²) >= 11 is 1.44. The first-order valence-electron chi connectivity index (χ1n) is 5.34. The number of benzene rings is 1. The van der Waals surface area contributed by atoms with Crippen LogP contribution in [0, 0.1) is 6.92 Å². The van der Waals surface area contributed by atoms with E-state index in [-0.39, 0.29) is 17.6 Å². The third kappa shape index (κ3) is 2.08. The van der Waals surface area contributed by atoms with E-state index in [1.807, 2.05) is 12.1 Å². The topological polar surface area (TPSA) is 43.4 Å². The molecule has 0 aliphatic heterocycles. The Morgan fingerprint density at radius 2 is 2.06 bits per heavy atom. The zero-order chi connectivity index (χ0) is 12.4. The molecule has 4 heteroatoms. The maximum absolute atomic E-state index is 12.2. The number of rotatable bonds is 2. The Labute approximate surface area is 103 Å². The highest BCUT2D eigenvalue weighted by Crippen LogP contribution is 2.21. The molecular formula is C13H12O3S. The van der Waals surface area contributed by atoms with Crippen LogP contribution in [0.5, 0.6) is 0 Å². The van der Waals surface area contributed by atoms with Gasteiger partial charge in [-0.15, -0.1) is 11.3 Å². The monoisotopic (exact) mass is 248 g/mol. The molecule has 0 atom stereocenters. The van der Waals surface area contributed by atoms with Crippen LogP contribution in [0.1, 0.15) is 22.2 Å². The summed E-state index contributed by atoms with van der Waals surface area (Å²) in [6.07, 6.45) is 0. The zero-order valence-corrected chi connectivity index (χ0v) is 10.5. The van der Waals surface area contributed by atoms with Crippen molar-refractivity contribution >= 4 is 27.4 Å². The first-order valence-corrected chi connectivity index (χ1v) is 6.16. The molecule has 0 spiro atoms. The molecule has 0 aliphatic rings. The van der Waals surface area contributed by atoms with Crippen molar-refractivity contribution in [1.29, 1.82) is 0 Å². The molecule has 0 N–H and O–H groups in total. The highest BCUT2D eigenvalue weighted by Gasteiger charge is 2.17. The molecule has 0 saturated carbocycles. The van der Waals surface area contributed by atoms with E-state index in [2.05, 4.69) is 0 Å². The van der Waals surface area contributed by atoms with Gasteiger partial charge in [-0.2, -0.15) is 0 Å². The average molecular weight is 248 g/mol. The molecule has 0 saturated heterocycles. The van der Waals surface area contributed by atoms with Gasteiger partial charge in [0.25, 0.3) is 0 Å². The molecule has 1 heterocycles. The van der Waals surface area contributed by atoms with Crippen molar-refractivity contribution in [2.24, 2.45) is 0 Å². The number of carbonyl (C=O) groups excluding carboxylic acids is 1. The number of aryl methyl sites for hydroxylation is 1. The number of fused-ring (bicyclic) bond motifs is 1. The van der Waals surface area contributed by atoms with Crippen LogP contribution in [0.15, 0.2) is 29.1 Å². The van der Waals surface area contributed by atoms with E-state index in [1.54, 1.807) is 26.0 Å². The third-order valence-corrected chi connectivity index (χ3v) is 3.54. The van der Waals surface area contributed by atoms with Gasteiger partial charge in [-0.25, -0.2) is 4.79 Å². The van der Waals surface area contributed by atoms with Gasteiger partial charge >= 0.3 is 5.97 Å². The lowest BCUT2D eigenvalue weighted by atomic mass is 10.1. The number of carbonyl (C=O) groups is 1. The highest BCUT2D eigenvalue weighted by molar-refractivity contribution is 7.18. The van der Waals surface area contributed by atoms with Crippen molar-refractivity contribution in [3.8, 4) is 0 Å². The fourth-order valence-corrected chi connectivity index (χ4v) is 2.72. The van der Waals surface area contributed by atoms with E-state index in [0.29, 0.717) is 10.3 Å². The smallest absolute Gasteiger partial charge is 0.343 e. The lowest BCUT2D eigenvalue weighted by Crippen LogP contribution is -2.18. The molecule has 0 bridgehead atoms. The van der Waals surface area contributed by atoms with Crippen molar-refractivity contribution in [3.63, 3.8) is 0 Å². The van der Waals surface area contributed by atoms with Crippen molar-refractivity contribution in [1.82, 2.24) is 0 Å². The van der Waals surface area contributed by atoms with Crippen LogP contribution < -0.4 is 5.43 Å². The minimum absolute atomic E-state index is 0.163. The lowest BCUT2D eigenvalue weighted by molar-refractivity contribution is 0.0525. The van der Waals surface area contributed by atoms with Crippen LogP contribution in [-0.4, -0.2) is 12.6 Å². The van der Waals surface area contributed by atoms with E-state index in [0.717, 1.165) is 4.70 Å². The second-order valence-electron chi connectivity index (χ2n) is 3.58. The molecule has 0 radical (unpaired) electrons. The van der Waals surface area contributed by atoms with Crippen LogP contribution in [-0.2, 0) is 4.74 Å². The quantitative estimate of drug-likeness (QED) is 0.767. The Bertz CT molecular complexity index is 628. The Kier molecular flexibility index (Phi) is 3.24. The van der Waals surface area contributed by atoms with Crippen molar-refractivity contribution in [2.45, 2.75) is 13.8 Å². The van der Waals surface area contributed by atoms with Crippen molar-refractivity contribution < 1.29 is 9.53 Å². The number of esters is 1. The summed E-state index contributed by atoms with van der Waals surface area (Å²) in [4.78, 5) is 24.6. The van der Waals surface area contributed by atoms with E-state index in [4.69, 9.17) is 4.74 Å². The fraction of sp³-hybridized carbons (Fsp3) is 0.231. The van der Waals surface area contributed by atoms with Gasteiger partial charge in [0.15, 0.2) is 0 Å². The number of hydrogen-bond acceptors (Lipinski definition) is 4. The zero-order valence-electron chi connectivity index (χ0n) is 9.65. The maximum Gasteiger partial charge on any atom is 0.343 e. The lowest BCUT2D eigenvalue weighted by Gasteiger charge is -2.05. The van der Waals surface area contributed by atoms with E-state index in [1.165, 1.54) is 11.3 Å². The summed E-state index contributed by atoms with van der Waals surface area (Å²) in [7, 11) is 0. The summed E-state index contributed by atoms with van der Waals surface area (Å²) < 4.78 is 5.80. The molecule has 17 heavy (non-hydrogen) atoms. The summed E-state index contributed by atoms with van der Waals surface area (Å²) in [5, 5.41) is 0.575. The van der Waals surface area contributed by atoms with Gasteiger partial charge in [0, 0.05) is 15.0 Å². The molecule has 0 aliphatic carbocycles. The summed E-state index contributed by atoms with van der Waals surface area (Å²) in [6, 6.07) is 7.28. The second kappa shape index (κ2) is 4.67. The van der Waals surface area contributed by atoms with Gasteiger partial charge in [0.05, 0.1) is 6.61 Å². The largest absolute Gasteiger partial charge is 0.462 e. The Morgan fingerprint density at radius 1 is 1.35 bits per heavy atom. The molecule has 2 aromatic rings. The fourth-order valence-electron chi connectivity index (χ4n) is 1.69. The van der Waals surface area contributed by atoms with Gasteiger partial charge < -0.3 is 4.74 Å². The second-order valence-corrected chi connectivity index (χ2v) is 4.84. The molecule has 1 aromatic carbocycles. The van der Waals surface area contributed by atoms with Crippen LogP contribution in [0.2, 0.25) is 0 Å². The summed E-state index contributed by atoms with van der Waals surface area (Å²) in [5.41, 5.74) is -0.0779. The minimum Gasteiger partial charge on any atom is -0.462 e. The molecule has 0 fully saturated rings. The van der Waals surface area contributed by atoms with Crippen LogP contribution in [0.3, 0.4) is 0 Å². The van der Waals surface area contributed by atoms with Crippen molar-refractivity contribution in [3.05, 3.63) is 44.9 Å². The standard InChI is InChI=1S/C13H12O3S/c1-3-16-13(15)11-8(2)17-10-7-5-4-6-9(10)12(11)14/h4-7H,3H2,1-2H3. The minimum atomic E-state index is -0.531. The van der Waals surface area contributed by atoms with E-state index in [9.17, 15) is 9.59 Å². The van der Waals surface area contributed by atoms with Gasteiger partial charge in [-0.05, 0) is 26.0 Å². The molecule has 2 rings (SSSR count). The van der Waals surface area contributed by atoms with Crippen LogP contribution >= 0.6 is 11.3 Å². The predicted octanol–water partition coefficient (Wildman–Crippen LogP) is 2.75. The Morgan fingerprint density at radius 3 is 2.76 bits per heavy atom. The Balaban J connectivity index is 2.72. The highest BCUT2D eigenvalue weighted by atomic mass is 32.1. The molecule has 88 valence electrons. The maximum atomic E-state index is 12.2. The average Bonchev–Trinajstić information content (AvgIpc) is 2.29. The first kappa shape index (κ1) is 11.8. The van der Waals surface area contributed by atoms with E-state index >= 15 is 0 Å². The van der Waals surface area contributed by atoms with E-state index < -0.39 is 5.97 Å². The third-order valence-electron chi connectivity index (χ3n) is 2.45. The van der Waals surface area contributed by atoms with Gasteiger partial charge in [-0.3, -0.25) is 4.79 Å². The van der Waals surface area contributed by atoms with Crippen LogP contribution in [0.25, 0.3) is 10.1 Å². The van der Waals surface area contributed by atoms with Crippen molar-refractivity contribution in [2.75, 3.05) is 6.61 Å². The van der Waals surface area contributed by atoms with Crippen LogP contribution in [0.4, 0.5) is 0 Å². The number of ether oxygens (including phenoxy) is 1.